The number of nitrogens with two attached hydrogens (primary N) is 1. The van der Waals surface area contributed by atoms with Gasteiger partial charge < -0.3 is 15.6 Å². The molecule has 0 aliphatic carbocycles. The minimum Gasteiger partial charge on any atom is -0.489 e. The van der Waals surface area contributed by atoms with Gasteiger partial charge in [-0.15, -0.1) is 0 Å². The van der Waals surface area contributed by atoms with E-state index in [0.29, 0.717) is 15.8 Å². The van der Waals surface area contributed by atoms with Gasteiger partial charge in [-0.05, 0) is 12.1 Å². The van der Waals surface area contributed by atoms with Crippen LogP contribution in [0.2, 0.25) is 10.0 Å². The van der Waals surface area contributed by atoms with E-state index in [-0.39, 0.29) is 13.2 Å². The Bertz CT molecular complexity index is 307. The molecule has 1 rings (SSSR count). The number of benzene rings is 1. The fourth-order valence-electron chi connectivity index (χ4n) is 0.842. The highest BCUT2D eigenvalue weighted by molar-refractivity contribution is 6.34. The summed E-state index contributed by atoms with van der Waals surface area (Å²) < 4.78 is 5.22. The van der Waals surface area contributed by atoms with Crippen molar-refractivity contribution < 1.29 is 9.84 Å². The van der Waals surface area contributed by atoms with E-state index in [1.165, 1.54) is 0 Å². The molecule has 3 N–H and O–H groups in total. The number of ether oxygens (including phenoxy) is 1. The summed E-state index contributed by atoms with van der Waals surface area (Å²) in [5, 5.41) is 10.1. The number of aliphatic hydroxyl groups excluding tert-OH is 1. The zero-order chi connectivity index (χ0) is 10.6. The average molecular weight is 236 g/mol. The summed E-state index contributed by atoms with van der Waals surface area (Å²) in [5.74, 6) is 0.451. The Morgan fingerprint density at radius 1 is 1.43 bits per heavy atom. The van der Waals surface area contributed by atoms with Gasteiger partial charge in [-0.1, -0.05) is 23.2 Å². The van der Waals surface area contributed by atoms with Crippen LogP contribution in [-0.4, -0.2) is 24.4 Å². The van der Waals surface area contributed by atoms with Crippen LogP contribution in [0.4, 0.5) is 0 Å². The lowest BCUT2D eigenvalue weighted by molar-refractivity contribution is 0.114. The number of halogens is 2. The lowest BCUT2D eigenvalue weighted by atomic mass is 10.3. The molecule has 1 atom stereocenters. The normalized spacial score (nSPS) is 12.6. The molecule has 0 amide bonds. The molecule has 0 radical (unpaired) electrons. The van der Waals surface area contributed by atoms with Gasteiger partial charge in [-0.2, -0.15) is 0 Å². The van der Waals surface area contributed by atoms with Crippen molar-refractivity contribution in [2.24, 2.45) is 5.73 Å². The summed E-state index contributed by atoms with van der Waals surface area (Å²) in [6.07, 6.45) is -0.690. The zero-order valence-electron chi connectivity index (χ0n) is 7.41. The first kappa shape index (κ1) is 11.6. The SMILES string of the molecule is NC[C@H](O)COc1cc(Cl)ccc1Cl. The molecule has 78 valence electrons. The van der Waals surface area contributed by atoms with Crippen molar-refractivity contribution in [1.82, 2.24) is 0 Å². The summed E-state index contributed by atoms with van der Waals surface area (Å²) in [6.45, 7) is 0.259. The van der Waals surface area contributed by atoms with Gasteiger partial charge in [0.15, 0.2) is 0 Å². The van der Waals surface area contributed by atoms with Crippen LogP contribution in [0.1, 0.15) is 0 Å². The van der Waals surface area contributed by atoms with E-state index < -0.39 is 6.10 Å². The predicted molar refractivity (Wildman–Crippen MR) is 57.0 cm³/mol. The minimum atomic E-state index is -0.690. The van der Waals surface area contributed by atoms with E-state index in [9.17, 15) is 0 Å². The van der Waals surface area contributed by atoms with Gasteiger partial charge in [0.1, 0.15) is 18.5 Å². The molecule has 0 spiro atoms. The van der Waals surface area contributed by atoms with Gasteiger partial charge in [0, 0.05) is 17.6 Å². The molecule has 5 heteroatoms. The Labute approximate surface area is 92.4 Å². The number of aliphatic hydroxyl groups is 1. The lowest BCUT2D eigenvalue weighted by Gasteiger charge is -2.11. The van der Waals surface area contributed by atoms with Crippen molar-refractivity contribution in [3.05, 3.63) is 28.2 Å². The van der Waals surface area contributed by atoms with Crippen molar-refractivity contribution in [3.8, 4) is 5.75 Å². The highest BCUT2D eigenvalue weighted by Gasteiger charge is 2.05. The first-order chi connectivity index (χ1) is 6.63. The molecule has 1 aromatic rings. The monoisotopic (exact) mass is 235 g/mol. The second-order valence-electron chi connectivity index (χ2n) is 2.78. The van der Waals surface area contributed by atoms with Gasteiger partial charge in [0.25, 0.3) is 0 Å². The average Bonchev–Trinajstić information content (AvgIpc) is 2.19. The third kappa shape index (κ3) is 3.35. The molecule has 0 unspecified atom stereocenters. The maximum atomic E-state index is 9.15. The molecular formula is C9H11Cl2NO2. The fraction of sp³-hybridized carbons (Fsp3) is 0.333. The third-order valence-electron chi connectivity index (χ3n) is 1.60. The van der Waals surface area contributed by atoms with Gasteiger partial charge in [-0.25, -0.2) is 0 Å². The van der Waals surface area contributed by atoms with Crippen LogP contribution < -0.4 is 10.5 Å². The van der Waals surface area contributed by atoms with E-state index in [4.69, 9.17) is 38.8 Å². The van der Waals surface area contributed by atoms with Crippen molar-refractivity contribution in [2.45, 2.75) is 6.10 Å². The second kappa shape index (κ2) is 5.41. The Morgan fingerprint density at radius 2 is 2.14 bits per heavy atom. The highest BCUT2D eigenvalue weighted by atomic mass is 35.5. The van der Waals surface area contributed by atoms with E-state index in [0.717, 1.165) is 0 Å². The van der Waals surface area contributed by atoms with Crippen LogP contribution in [0.15, 0.2) is 18.2 Å². The minimum absolute atomic E-state index is 0.108. The summed E-state index contributed by atoms with van der Waals surface area (Å²) >= 11 is 11.6. The molecular weight excluding hydrogens is 225 g/mol. The predicted octanol–water partition coefficient (Wildman–Crippen LogP) is 1.69. The maximum Gasteiger partial charge on any atom is 0.139 e. The largest absolute Gasteiger partial charge is 0.489 e. The van der Waals surface area contributed by atoms with E-state index in [2.05, 4.69) is 0 Å². The molecule has 14 heavy (non-hydrogen) atoms. The summed E-state index contributed by atoms with van der Waals surface area (Å²) in [4.78, 5) is 0. The molecule has 0 saturated heterocycles. The van der Waals surface area contributed by atoms with Crippen molar-refractivity contribution in [3.63, 3.8) is 0 Å². The van der Waals surface area contributed by atoms with Crippen LogP contribution in [0.25, 0.3) is 0 Å². The van der Waals surface area contributed by atoms with Crippen molar-refractivity contribution >= 4 is 23.2 Å². The Kier molecular flexibility index (Phi) is 4.48. The smallest absolute Gasteiger partial charge is 0.139 e. The molecule has 0 fully saturated rings. The molecule has 0 aliphatic rings. The molecule has 3 nitrogen and oxygen atoms in total. The van der Waals surface area contributed by atoms with E-state index in [1.807, 2.05) is 0 Å². The van der Waals surface area contributed by atoms with Crippen LogP contribution in [-0.2, 0) is 0 Å². The molecule has 0 heterocycles. The van der Waals surface area contributed by atoms with Crippen LogP contribution in [0.5, 0.6) is 5.75 Å². The Hall–Kier alpha value is -0.480. The third-order valence-corrected chi connectivity index (χ3v) is 2.14. The highest BCUT2D eigenvalue weighted by Crippen LogP contribution is 2.27. The van der Waals surface area contributed by atoms with Crippen molar-refractivity contribution in [2.75, 3.05) is 13.2 Å². The lowest BCUT2D eigenvalue weighted by Crippen LogP contribution is -2.26. The summed E-state index contributed by atoms with van der Waals surface area (Å²) in [5.41, 5.74) is 5.22. The molecule has 0 bridgehead atoms. The van der Waals surface area contributed by atoms with Gasteiger partial charge in [0.05, 0.1) is 5.02 Å². The fourth-order valence-corrected chi connectivity index (χ4v) is 1.18. The number of hydrogen-bond acceptors (Lipinski definition) is 3. The molecule has 1 aromatic carbocycles. The first-order valence-corrected chi connectivity index (χ1v) is 4.85. The summed E-state index contributed by atoms with van der Waals surface area (Å²) in [6, 6.07) is 4.89. The topological polar surface area (TPSA) is 55.5 Å². The molecule has 0 aromatic heterocycles. The number of rotatable bonds is 4. The van der Waals surface area contributed by atoms with E-state index in [1.54, 1.807) is 18.2 Å². The number of hydrogen-bond donors (Lipinski definition) is 2. The van der Waals surface area contributed by atoms with Gasteiger partial charge in [0.2, 0.25) is 0 Å². The second-order valence-corrected chi connectivity index (χ2v) is 3.62. The van der Waals surface area contributed by atoms with Crippen molar-refractivity contribution in [1.29, 1.82) is 0 Å². The zero-order valence-corrected chi connectivity index (χ0v) is 8.92. The van der Waals surface area contributed by atoms with Gasteiger partial charge >= 0.3 is 0 Å². The standard InChI is InChI=1S/C9H11Cl2NO2/c10-6-1-2-8(11)9(3-6)14-5-7(13)4-12/h1-3,7,13H,4-5,12H2/t7-/m0/s1. The first-order valence-electron chi connectivity index (χ1n) is 4.09. The molecule has 0 saturated carbocycles. The van der Waals surface area contributed by atoms with Crippen LogP contribution >= 0.6 is 23.2 Å². The van der Waals surface area contributed by atoms with E-state index >= 15 is 0 Å². The quantitative estimate of drug-likeness (QED) is 0.836. The van der Waals surface area contributed by atoms with Crippen LogP contribution in [0.3, 0.4) is 0 Å². The molecule has 0 aliphatic heterocycles. The van der Waals surface area contributed by atoms with Crippen LogP contribution in [0, 0.1) is 0 Å². The Morgan fingerprint density at radius 3 is 2.79 bits per heavy atom. The maximum absolute atomic E-state index is 9.15. The summed E-state index contributed by atoms with van der Waals surface area (Å²) in [7, 11) is 0. The Balaban J connectivity index is 2.62. The van der Waals surface area contributed by atoms with Gasteiger partial charge in [-0.3, -0.25) is 0 Å².